The van der Waals surface area contributed by atoms with Crippen molar-refractivity contribution in [3.63, 3.8) is 0 Å². The number of morpholine rings is 1. The second kappa shape index (κ2) is 27.2. The van der Waals surface area contributed by atoms with Gasteiger partial charge in [0.2, 0.25) is 17.7 Å². The monoisotopic (exact) mass is 926 g/mol. The van der Waals surface area contributed by atoms with Crippen LogP contribution >= 0.6 is 0 Å². The molecule has 364 valence electrons. The summed E-state index contributed by atoms with van der Waals surface area (Å²) in [6, 6.07) is 10.2. The number of urea groups is 1. The van der Waals surface area contributed by atoms with Crippen molar-refractivity contribution in [1.82, 2.24) is 30.8 Å². The van der Waals surface area contributed by atoms with Crippen LogP contribution in [-0.4, -0.2) is 145 Å². The number of carbonyl (C=O) groups excluding carboxylic acids is 4. The Bertz CT molecular complexity index is 2160. The summed E-state index contributed by atoms with van der Waals surface area (Å²) in [5, 5.41) is 11.7. The first-order valence-corrected chi connectivity index (χ1v) is 22.9. The number of anilines is 2. The molecular weight excluding hydrogens is 858 g/mol. The van der Waals surface area contributed by atoms with Gasteiger partial charge in [-0.15, -0.1) is 0 Å². The highest BCUT2D eigenvalue weighted by atomic mass is 19.1. The van der Waals surface area contributed by atoms with E-state index in [9.17, 15) is 23.6 Å². The molecule has 0 spiro atoms. The van der Waals surface area contributed by atoms with Crippen LogP contribution in [0.4, 0.5) is 20.9 Å². The van der Waals surface area contributed by atoms with Crippen LogP contribution in [0.3, 0.4) is 0 Å². The Morgan fingerprint density at radius 3 is 2.21 bits per heavy atom. The second-order valence-corrected chi connectivity index (χ2v) is 16.1. The SMILES string of the molecule is CCCNC(N)=O.CCOCCOCCOCCOCCC(=O)NC(C(=O)NCC(=O)NCCn1c2c(c3ccc(F)cc31)CN(c1ccc3oc(N4CCOCC4)nc3c1)CC2)C(C)C. The number of primary amides is 1. The Balaban J connectivity index is 0.00000108. The van der Waals surface area contributed by atoms with Gasteiger partial charge in [0.1, 0.15) is 17.4 Å². The first-order chi connectivity index (χ1) is 32.0. The van der Waals surface area contributed by atoms with E-state index in [1.807, 2.05) is 45.9 Å². The van der Waals surface area contributed by atoms with E-state index in [-0.39, 0.29) is 49.7 Å². The first kappa shape index (κ1) is 51.4. The third-order valence-corrected chi connectivity index (χ3v) is 10.9. The molecule has 66 heavy (non-hydrogen) atoms. The number of ether oxygens (including phenoxy) is 5. The topological polar surface area (TPSA) is 226 Å². The first-order valence-electron chi connectivity index (χ1n) is 22.9. The Labute approximate surface area is 385 Å². The minimum atomic E-state index is -0.820. The lowest BCUT2D eigenvalue weighted by molar-refractivity contribution is -0.131. The van der Waals surface area contributed by atoms with Gasteiger partial charge >= 0.3 is 6.03 Å². The molecule has 1 unspecified atom stereocenters. The molecule has 4 heterocycles. The van der Waals surface area contributed by atoms with E-state index in [4.69, 9.17) is 38.8 Å². The van der Waals surface area contributed by atoms with Crippen LogP contribution in [0.2, 0.25) is 0 Å². The Hall–Kier alpha value is -5.54. The van der Waals surface area contributed by atoms with Gasteiger partial charge in [-0.3, -0.25) is 14.4 Å². The Kier molecular flexibility index (Phi) is 21.2. The molecule has 2 aliphatic heterocycles. The van der Waals surface area contributed by atoms with Crippen LogP contribution in [0.5, 0.6) is 0 Å². The van der Waals surface area contributed by atoms with E-state index in [0.717, 1.165) is 71.4 Å². The maximum Gasteiger partial charge on any atom is 0.312 e. The van der Waals surface area contributed by atoms with Crippen molar-refractivity contribution in [1.29, 1.82) is 0 Å². The molecule has 2 aromatic carbocycles. The number of rotatable bonds is 25. The van der Waals surface area contributed by atoms with Gasteiger partial charge in [0, 0.05) is 87.6 Å². The van der Waals surface area contributed by atoms with Crippen molar-refractivity contribution in [2.75, 3.05) is 115 Å². The number of carbonyl (C=O) groups is 4. The standard InChI is InChI=1S/C42H58FN7O9.C4H10N2O/c1-4-54-19-20-57-23-24-58-22-21-55-16-10-38(51)47-40(29(2)3)41(53)45-27-39(52)44-11-13-50-35-9-12-49(28-33(35)32-7-5-30(43)25-36(32)50)31-6-8-37-34(26-31)46-42(59-37)48-14-17-56-18-15-48;1-2-3-6-4(5)7/h5-8,25-26,29,40H,4,9-24,27-28H2,1-3H3,(H,44,52)(H,45,53)(H,47,51);2-3H2,1H3,(H3,5,6,7). The van der Waals surface area contributed by atoms with Crippen molar-refractivity contribution >= 4 is 57.5 Å². The zero-order valence-corrected chi connectivity index (χ0v) is 38.8. The van der Waals surface area contributed by atoms with Gasteiger partial charge in [-0.2, -0.15) is 4.98 Å². The van der Waals surface area contributed by atoms with Crippen LogP contribution in [0.25, 0.3) is 22.0 Å². The highest BCUT2D eigenvalue weighted by molar-refractivity contribution is 5.91. The molecule has 5 amide bonds. The predicted molar refractivity (Wildman–Crippen MR) is 248 cm³/mol. The second-order valence-electron chi connectivity index (χ2n) is 16.1. The van der Waals surface area contributed by atoms with E-state index in [1.54, 1.807) is 6.07 Å². The number of halogens is 1. The number of hydrogen-bond donors (Lipinski definition) is 5. The van der Waals surface area contributed by atoms with Gasteiger partial charge < -0.3 is 69.5 Å². The van der Waals surface area contributed by atoms with E-state index >= 15 is 0 Å². The summed E-state index contributed by atoms with van der Waals surface area (Å²) >= 11 is 0. The van der Waals surface area contributed by atoms with Gasteiger partial charge in [0.25, 0.3) is 6.01 Å². The number of nitrogens with two attached hydrogens (primary N) is 1. The van der Waals surface area contributed by atoms with Crippen molar-refractivity contribution < 1.29 is 51.7 Å². The summed E-state index contributed by atoms with van der Waals surface area (Å²) in [5.41, 5.74) is 10.3. The molecule has 1 fully saturated rings. The molecule has 2 aliphatic rings. The normalized spacial score (nSPS) is 14.2. The summed E-state index contributed by atoms with van der Waals surface area (Å²) in [6.45, 7) is 16.3. The number of hydrogen-bond acceptors (Lipinski definition) is 13. The minimum absolute atomic E-state index is 0.0757. The fourth-order valence-corrected chi connectivity index (χ4v) is 7.53. The number of nitrogens with zero attached hydrogens (tertiary/aromatic N) is 4. The van der Waals surface area contributed by atoms with E-state index in [1.165, 1.54) is 6.07 Å². The van der Waals surface area contributed by atoms with Gasteiger partial charge in [0.05, 0.1) is 71.5 Å². The van der Waals surface area contributed by atoms with Crippen molar-refractivity contribution in [3.8, 4) is 0 Å². The average Bonchev–Trinajstić information content (AvgIpc) is 3.88. The minimum Gasteiger partial charge on any atom is -0.423 e. The summed E-state index contributed by atoms with van der Waals surface area (Å²) in [4.78, 5) is 57.5. The number of fused-ring (bicyclic) bond motifs is 4. The fourth-order valence-electron chi connectivity index (χ4n) is 7.53. The molecule has 1 saturated heterocycles. The van der Waals surface area contributed by atoms with Crippen LogP contribution in [0.1, 0.15) is 51.8 Å². The maximum absolute atomic E-state index is 14.6. The summed E-state index contributed by atoms with van der Waals surface area (Å²) in [6.07, 6.45) is 1.73. The number of benzene rings is 2. The molecule has 1 atom stereocenters. The third kappa shape index (κ3) is 15.8. The van der Waals surface area contributed by atoms with Crippen molar-refractivity contribution in [3.05, 3.63) is 53.5 Å². The van der Waals surface area contributed by atoms with Gasteiger partial charge in [-0.1, -0.05) is 20.8 Å². The van der Waals surface area contributed by atoms with Crippen LogP contribution < -0.4 is 36.8 Å². The molecule has 6 rings (SSSR count). The Morgan fingerprint density at radius 2 is 1.55 bits per heavy atom. The number of nitrogens with one attached hydrogen (secondary N) is 4. The zero-order valence-electron chi connectivity index (χ0n) is 38.8. The molecular formula is C46H68FN9O10. The predicted octanol–water partition coefficient (Wildman–Crippen LogP) is 3.24. The number of oxazole rings is 1. The molecule has 6 N–H and O–H groups in total. The highest BCUT2D eigenvalue weighted by Crippen LogP contribution is 2.35. The fraction of sp³-hybridized carbons (Fsp3) is 0.587. The van der Waals surface area contributed by atoms with Crippen LogP contribution in [0, 0.1) is 11.7 Å². The highest BCUT2D eigenvalue weighted by Gasteiger charge is 2.27. The molecule has 0 saturated carbocycles. The van der Waals surface area contributed by atoms with Crippen molar-refractivity contribution in [2.45, 2.75) is 66.1 Å². The average molecular weight is 926 g/mol. The van der Waals surface area contributed by atoms with Crippen LogP contribution in [0.15, 0.2) is 40.8 Å². The lowest BCUT2D eigenvalue weighted by Crippen LogP contribution is -2.51. The van der Waals surface area contributed by atoms with E-state index < -0.39 is 18.0 Å². The van der Waals surface area contributed by atoms with Gasteiger partial charge in [-0.05, 0) is 55.7 Å². The largest absolute Gasteiger partial charge is 0.423 e. The lowest BCUT2D eigenvalue weighted by Gasteiger charge is -2.30. The molecule has 0 bridgehead atoms. The summed E-state index contributed by atoms with van der Waals surface area (Å²) in [7, 11) is 0. The molecule has 20 heteroatoms. The number of aromatic nitrogens is 2. The Morgan fingerprint density at radius 1 is 0.833 bits per heavy atom. The summed E-state index contributed by atoms with van der Waals surface area (Å²) in [5.74, 6) is -1.70. The molecule has 19 nitrogen and oxygen atoms in total. The number of amides is 5. The van der Waals surface area contributed by atoms with Crippen LogP contribution in [-0.2, 0) is 57.6 Å². The molecule has 0 radical (unpaired) electrons. The molecule has 0 aliphatic carbocycles. The molecule has 2 aromatic heterocycles. The molecule has 4 aromatic rings. The summed E-state index contributed by atoms with van der Waals surface area (Å²) < 4.78 is 49.7. The lowest BCUT2D eigenvalue weighted by atomic mass is 10.0. The van der Waals surface area contributed by atoms with Gasteiger partial charge in [-0.25, -0.2) is 9.18 Å². The van der Waals surface area contributed by atoms with E-state index in [0.29, 0.717) is 85.1 Å². The smallest absolute Gasteiger partial charge is 0.312 e. The zero-order chi connectivity index (χ0) is 47.3. The third-order valence-electron chi connectivity index (χ3n) is 10.9. The quantitative estimate of drug-likeness (QED) is 0.0603. The van der Waals surface area contributed by atoms with E-state index in [2.05, 4.69) is 41.7 Å². The maximum atomic E-state index is 14.6. The van der Waals surface area contributed by atoms with Crippen molar-refractivity contribution in [2.24, 2.45) is 11.7 Å². The van der Waals surface area contributed by atoms with Gasteiger partial charge in [0.15, 0.2) is 5.58 Å².